The van der Waals surface area contributed by atoms with Gasteiger partial charge in [-0.05, 0) is 42.8 Å². The summed E-state index contributed by atoms with van der Waals surface area (Å²) in [4.78, 5) is 0. The first kappa shape index (κ1) is 15.1. The third-order valence-corrected chi connectivity index (χ3v) is 3.12. The van der Waals surface area contributed by atoms with E-state index < -0.39 is 11.2 Å². The lowest BCUT2D eigenvalue weighted by Gasteiger charge is -2.27. The van der Waals surface area contributed by atoms with Crippen molar-refractivity contribution in [2.75, 3.05) is 19.6 Å². The summed E-state index contributed by atoms with van der Waals surface area (Å²) in [6, 6.07) is 3.58. The van der Waals surface area contributed by atoms with E-state index in [4.69, 9.17) is 5.73 Å². The lowest BCUT2D eigenvalue weighted by molar-refractivity contribution is 0.417. The molecule has 1 rings (SSSR count). The monoisotopic (exact) mass is 256 g/mol. The van der Waals surface area contributed by atoms with Crippen molar-refractivity contribution in [3.05, 3.63) is 35.4 Å². The maximum atomic E-state index is 13.7. The van der Waals surface area contributed by atoms with Crippen LogP contribution in [0.1, 0.15) is 26.3 Å². The molecule has 0 saturated carbocycles. The zero-order chi connectivity index (χ0) is 13.8. The Labute approximate surface area is 108 Å². The second-order valence-corrected chi connectivity index (χ2v) is 5.48. The highest BCUT2D eigenvalue weighted by Gasteiger charge is 2.24. The molecule has 0 amide bonds. The van der Waals surface area contributed by atoms with E-state index in [1.165, 1.54) is 12.1 Å². The largest absolute Gasteiger partial charge is 0.330 e. The predicted molar refractivity (Wildman–Crippen MR) is 70.5 cm³/mol. The van der Waals surface area contributed by atoms with E-state index in [9.17, 15) is 8.78 Å². The standard InChI is InChI=1S/C14H22F2N2/c1-10(7-17)8-18-9-14(2,3)12-6-11(15)4-5-13(12)16/h4-6,10,18H,7-9,17H2,1-3H3. The fourth-order valence-electron chi connectivity index (χ4n) is 1.83. The van der Waals surface area contributed by atoms with E-state index in [-0.39, 0.29) is 5.82 Å². The highest BCUT2D eigenvalue weighted by molar-refractivity contribution is 5.26. The van der Waals surface area contributed by atoms with E-state index in [0.29, 0.717) is 24.6 Å². The molecule has 1 aromatic carbocycles. The topological polar surface area (TPSA) is 38.0 Å². The molecule has 0 aromatic heterocycles. The maximum Gasteiger partial charge on any atom is 0.127 e. The zero-order valence-corrected chi connectivity index (χ0v) is 11.3. The van der Waals surface area contributed by atoms with Gasteiger partial charge >= 0.3 is 0 Å². The highest BCUT2D eigenvalue weighted by atomic mass is 19.1. The Balaban J connectivity index is 2.70. The summed E-state index contributed by atoms with van der Waals surface area (Å²) in [5, 5.41) is 3.25. The molecule has 4 heteroatoms. The molecule has 0 spiro atoms. The molecule has 3 N–H and O–H groups in total. The van der Waals surface area contributed by atoms with Crippen molar-refractivity contribution in [3.8, 4) is 0 Å². The molecule has 0 saturated heterocycles. The van der Waals surface area contributed by atoms with Crippen LogP contribution < -0.4 is 11.1 Å². The fraction of sp³-hybridized carbons (Fsp3) is 0.571. The minimum atomic E-state index is -0.458. The van der Waals surface area contributed by atoms with Crippen molar-refractivity contribution in [1.82, 2.24) is 5.32 Å². The highest BCUT2D eigenvalue weighted by Crippen LogP contribution is 2.25. The number of benzene rings is 1. The average Bonchev–Trinajstić information content (AvgIpc) is 2.31. The summed E-state index contributed by atoms with van der Waals surface area (Å²) >= 11 is 0. The van der Waals surface area contributed by atoms with E-state index >= 15 is 0 Å². The molecule has 2 nitrogen and oxygen atoms in total. The van der Waals surface area contributed by atoms with Gasteiger partial charge in [0, 0.05) is 12.0 Å². The zero-order valence-electron chi connectivity index (χ0n) is 11.3. The molecule has 1 aromatic rings. The smallest absolute Gasteiger partial charge is 0.127 e. The predicted octanol–water partition coefficient (Wildman–Crippen LogP) is 2.43. The van der Waals surface area contributed by atoms with Gasteiger partial charge in [0.15, 0.2) is 0 Å². The number of hydrogen-bond donors (Lipinski definition) is 2. The fourth-order valence-corrected chi connectivity index (χ4v) is 1.83. The lowest BCUT2D eigenvalue weighted by atomic mass is 9.84. The van der Waals surface area contributed by atoms with Crippen LogP contribution in [0.5, 0.6) is 0 Å². The second-order valence-electron chi connectivity index (χ2n) is 5.48. The molecule has 102 valence electrons. The molecule has 18 heavy (non-hydrogen) atoms. The van der Waals surface area contributed by atoms with Gasteiger partial charge in [0.05, 0.1) is 0 Å². The molecule has 0 aliphatic rings. The SMILES string of the molecule is CC(CN)CNCC(C)(C)c1cc(F)ccc1F. The lowest BCUT2D eigenvalue weighted by Crippen LogP contribution is -2.37. The van der Waals surface area contributed by atoms with Gasteiger partial charge in [0.2, 0.25) is 0 Å². The van der Waals surface area contributed by atoms with Crippen LogP contribution in [0.15, 0.2) is 18.2 Å². The first-order valence-electron chi connectivity index (χ1n) is 6.23. The molecule has 0 fully saturated rings. The molecular weight excluding hydrogens is 234 g/mol. The Morgan fingerprint density at radius 1 is 1.33 bits per heavy atom. The third kappa shape index (κ3) is 4.03. The number of rotatable bonds is 6. The van der Waals surface area contributed by atoms with Crippen molar-refractivity contribution in [1.29, 1.82) is 0 Å². The molecule has 0 radical (unpaired) electrons. The Hall–Kier alpha value is -1.00. The van der Waals surface area contributed by atoms with E-state index in [0.717, 1.165) is 12.6 Å². The van der Waals surface area contributed by atoms with Crippen LogP contribution in [0.3, 0.4) is 0 Å². The summed E-state index contributed by atoms with van der Waals surface area (Å²) in [5.74, 6) is -0.400. The van der Waals surface area contributed by atoms with Gasteiger partial charge in [-0.2, -0.15) is 0 Å². The first-order chi connectivity index (χ1) is 8.36. The Bertz CT molecular complexity index is 391. The minimum absolute atomic E-state index is 0.366. The summed E-state index contributed by atoms with van der Waals surface area (Å²) in [6.45, 7) is 7.80. The summed E-state index contributed by atoms with van der Waals surface area (Å²) in [6.07, 6.45) is 0. The summed E-state index contributed by atoms with van der Waals surface area (Å²) in [7, 11) is 0. The van der Waals surface area contributed by atoms with Gasteiger partial charge in [-0.15, -0.1) is 0 Å². The van der Waals surface area contributed by atoms with Crippen molar-refractivity contribution < 1.29 is 8.78 Å². The van der Waals surface area contributed by atoms with Gasteiger partial charge in [0.25, 0.3) is 0 Å². The molecule has 0 aliphatic carbocycles. The van der Waals surface area contributed by atoms with E-state index in [1.807, 2.05) is 20.8 Å². The van der Waals surface area contributed by atoms with E-state index in [1.54, 1.807) is 0 Å². The molecule has 0 bridgehead atoms. The van der Waals surface area contributed by atoms with Gasteiger partial charge in [0.1, 0.15) is 11.6 Å². The summed E-state index contributed by atoms with van der Waals surface area (Å²) < 4.78 is 26.9. The normalized spacial score (nSPS) is 13.7. The minimum Gasteiger partial charge on any atom is -0.330 e. The Kier molecular flexibility index (Phi) is 5.23. The molecule has 0 aliphatic heterocycles. The van der Waals surface area contributed by atoms with Crippen molar-refractivity contribution in [3.63, 3.8) is 0 Å². The van der Waals surface area contributed by atoms with Crippen LogP contribution in [-0.4, -0.2) is 19.6 Å². The van der Waals surface area contributed by atoms with Crippen LogP contribution >= 0.6 is 0 Å². The molecular formula is C14H22F2N2. The Morgan fingerprint density at radius 2 is 2.00 bits per heavy atom. The van der Waals surface area contributed by atoms with Gasteiger partial charge < -0.3 is 11.1 Å². The number of nitrogens with two attached hydrogens (primary N) is 1. The van der Waals surface area contributed by atoms with Crippen LogP contribution in [0.25, 0.3) is 0 Å². The number of halogens is 2. The molecule has 0 heterocycles. The number of nitrogens with one attached hydrogen (secondary N) is 1. The average molecular weight is 256 g/mol. The quantitative estimate of drug-likeness (QED) is 0.820. The van der Waals surface area contributed by atoms with Crippen LogP contribution in [-0.2, 0) is 5.41 Å². The third-order valence-electron chi connectivity index (χ3n) is 3.12. The summed E-state index contributed by atoms with van der Waals surface area (Å²) in [5.41, 5.74) is 5.47. The first-order valence-corrected chi connectivity index (χ1v) is 6.23. The van der Waals surface area contributed by atoms with Gasteiger partial charge in [-0.25, -0.2) is 8.78 Å². The van der Waals surface area contributed by atoms with Crippen LogP contribution in [0.2, 0.25) is 0 Å². The van der Waals surface area contributed by atoms with E-state index in [2.05, 4.69) is 5.32 Å². The van der Waals surface area contributed by atoms with Crippen molar-refractivity contribution >= 4 is 0 Å². The van der Waals surface area contributed by atoms with Crippen LogP contribution in [0.4, 0.5) is 8.78 Å². The second kappa shape index (κ2) is 6.25. The van der Waals surface area contributed by atoms with Crippen LogP contribution in [0, 0.1) is 17.6 Å². The Morgan fingerprint density at radius 3 is 2.61 bits per heavy atom. The van der Waals surface area contributed by atoms with Gasteiger partial charge in [-0.1, -0.05) is 20.8 Å². The maximum absolute atomic E-state index is 13.7. The molecule has 1 unspecified atom stereocenters. The van der Waals surface area contributed by atoms with Gasteiger partial charge in [-0.3, -0.25) is 0 Å². The van der Waals surface area contributed by atoms with Crippen molar-refractivity contribution in [2.24, 2.45) is 11.7 Å². The molecule has 1 atom stereocenters. The number of hydrogen-bond acceptors (Lipinski definition) is 2. The van der Waals surface area contributed by atoms with Crippen molar-refractivity contribution in [2.45, 2.75) is 26.2 Å².